The number of anilines is 8. The number of hydrogen-bond acceptors (Lipinski definition) is 12. The highest BCUT2D eigenvalue weighted by Gasteiger charge is 2.70. The predicted octanol–water partition coefficient (Wildman–Crippen LogP) is 12.5. The summed E-state index contributed by atoms with van der Waals surface area (Å²) >= 11 is 0. The highest BCUT2D eigenvalue weighted by Crippen LogP contribution is 2.63. The standard InChI is InChI=1S/C56H44N12Si/c1-37-29-53-54(30-38(37)2)66(42-18-26-62-50(34-42)46-14-6-10-22-58-46)69(65(53)41-17-25-61-49(33-41)45-13-5-9-21-57-45)67(43-19-27-63-51(35-43)47-15-7-11-23-59-47)55-31-39(3)40(4)32-56(55)68(69)44-20-28-64-52(36-44)48-16-8-12-24-60-48/h5-36H,1-4H3. The zero-order chi connectivity index (χ0) is 46.6. The van der Waals surface area contributed by atoms with E-state index < -0.39 is 8.72 Å². The Kier molecular flexibility index (Phi) is 10.1. The molecule has 13 heteroatoms. The Hall–Kier alpha value is -8.94. The second-order valence-corrected chi connectivity index (χ2v) is 20.2. The Morgan fingerprint density at radius 3 is 0.710 bits per heavy atom. The molecule has 0 bridgehead atoms. The second kappa shape index (κ2) is 16.7. The van der Waals surface area contributed by atoms with E-state index in [-0.39, 0.29) is 0 Å². The van der Waals surface area contributed by atoms with Crippen molar-refractivity contribution < 1.29 is 0 Å². The number of hydrogen-bond donors (Lipinski definition) is 0. The minimum absolute atomic E-state index is 0.755. The lowest BCUT2D eigenvalue weighted by Gasteiger charge is -2.49. The van der Waals surface area contributed by atoms with Gasteiger partial charge in [0.05, 0.1) is 68.3 Å². The van der Waals surface area contributed by atoms with Gasteiger partial charge >= 0.3 is 8.72 Å². The Bertz CT molecular complexity index is 3070. The molecule has 10 heterocycles. The number of benzene rings is 2. The smallest absolute Gasteiger partial charge is 0.313 e. The van der Waals surface area contributed by atoms with E-state index in [2.05, 4.69) is 119 Å². The second-order valence-electron chi connectivity index (χ2n) is 17.2. The first-order chi connectivity index (χ1) is 33.9. The van der Waals surface area contributed by atoms with Gasteiger partial charge in [-0.05, 0) is 171 Å². The van der Waals surface area contributed by atoms with Crippen LogP contribution in [-0.4, -0.2) is 48.6 Å². The van der Waals surface area contributed by atoms with Gasteiger partial charge in [-0.1, -0.05) is 24.3 Å². The number of aromatic nitrogens is 8. The number of pyridine rings is 8. The van der Waals surface area contributed by atoms with E-state index in [0.29, 0.717) is 0 Å². The fourth-order valence-corrected chi connectivity index (χ4v) is 14.8. The summed E-state index contributed by atoms with van der Waals surface area (Å²) in [6.45, 7) is 8.77. The van der Waals surface area contributed by atoms with Crippen LogP contribution in [0.4, 0.5) is 45.5 Å². The highest BCUT2D eigenvalue weighted by molar-refractivity contribution is 6.99. The maximum Gasteiger partial charge on any atom is 0.521 e. The van der Waals surface area contributed by atoms with Gasteiger partial charge in [0.2, 0.25) is 0 Å². The van der Waals surface area contributed by atoms with Gasteiger partial charge in [0.1, 0.15) is 0 Å². The van der Waals surface area contributed by atoms with Crippen molar-refractivity contribution in [1.29, 1.82) is 0 Å². The van der Waals surface area contributed by atoms with Gasteiger partial charge in [-0.15, -0.1) is 0 Å². The number of fused-ring (bicyclic) bond motifs is 2. The average Bonchev–Trinajstić information content (AvgIpc) is 3.84. The average molecular weight is 913 g/mol. The van der Waals surface area contributed by atoms with Gasteiger partial charge in [0.15, 0.2) is 0 Å². The Labute approximate surface area is 401 Å². The van der Waals surface area contributed by atoms with E-state index in [1.54, 1.807) is 0 Å². The third-order valence-electron chi connectivity index (χ3n) is 13.1. The largest absolute Gasteiger partial charge is 0.521 e. The van der Waals surface area contributed by atoms with Crippen LogP contribution in [0.2, 0.25) is 0 Å². The lowest BCUT2D eigenvalue weighted by molar-refractivity contribution is 1.15. The van der Waals surface area contributed by atoms with Gasteiger partial charge in [-0.3, -0.25) is 39.9 Å². The van der Waals surface area contributed by atoms with Crippen LogP contribution in [-0.2, 0) is 0 Å². The lowest BCUT2D eigenvalue weighted by atomic mass is 10.1. The summed E-state index contributed by atoms with van der Waals surface area (Å²) in [6, 6.07) is 50.4. The molecule has 12 rings (SSSR count). The maximum atomic E-state index is 4.95. The van der Waals surface area contributed by atoms with E-state index in [1.165, 1.54) is 0 Å². The molecule has 0 saturated carbocycles. The Balaban J connectivity index is 1.25. The summed E-state index contributed by atoms with van der Waals surface area (Å²) < 4.78 is 10.4. The summed E-state index contributed by atoms with van der Waals surface area (Å²) in [5.74, 6) is 0. The first-order valence-corrected chi connectivity index (χ1v) is 24.6. The van der Waals surface area contributed by atoms with Crippen LogP contribution >= 0.6 is 0 Å². The van der Waals surface area contributed by atoms with E-state index in [9.17, 15) is 0 Å². The van der Waals surface area contributed by atoms with Crippen molar-refractivity contribution in [2.24, 2.45) is 0 Å². The van der Waals surface area contributed by atoms with Crippen LogP contribution in [0.1, 0.15) is 22.3 Å². The third-order valence-corrected chi connectivity index (χ3v) is 17.5. The molecule has 0 radical (unpaired) electrons. The first kappa shape index (κ1) is 41.5. The van der Waals surface area contributed by atoms with Gasteiger partial charge < -0.3 is 18.3 Å². The first-order valence-electron chi connectivity index (χ1n) is 22.8. The van der Waals surface area contributed by atoms with E-state index in [1.807, 2.05) is 122 Å². The summed E-state index contributed by atoms with van der Waals surface area (Å²) in [5.41, 5.74) is 18.7. The molecule has 0 fully saturated rings. The molecule has 332 valence electrons. The lowest BCUT2D eigenvalue weighted by Crippen LogP contribution is -2.76. The molecule has 10 aromatic rings. The van der Waals surface area contributed by atoms with Crippen molar-refractivity contribution in [2.75, 3.05) is 18.3 Å². The van der Waals surface area contributed by atoms with Crippen LogP contribution in [0.15, 0.2) is 195 Å². The van der Waals surface area contributed by atoms with Crippen molar-refractivity contribution in [3.63, 3.8) is 0 Å². The topological polar surface area (TPSA) is 116 Å². The summed E-state index contributed by atoms with van der Waals surface area (Å²) in [4.78, 5) is 39.0. The fourth-order valence-electron chi connectivity index (χ4n) is 9.63. The van der Waals surface area contributed by atoms with Gasteiger partial charge in [0.25, 0.3) is 0 Å². The number of aryl methyl sites for hydroxylation is 4. The maximum absolute atomic E-state index is 4.95. The van der Waals surface area contributed by atoms with Crippen LogP contribution in [0, 0.1) is 27.7 Å². The molecule has 0 aliphatic carbocycles. The van der Waals surface area contributed by atoms with Crippen molar-refractivity contribution in [2.45, 2.75) is 27.7 Å². The van der Waals surface area contributed by atoms with Crippen LogP contribution in [0.3, 0.4) is 0 Å². The third kappa shape index (κ3) is 6.89. The Morgan fingerprint density at radius 1 is 0.261 bits per heavy atom. The number of nitrogens with zero attached hydrogens (tertiary/aromatic N) is 12. The summed E-state index contributed by atoms with van der Waals surface area (Å²) in [7, 11) is -4.01. The van der Waals surface area contributed by atoms with E-state index >= 15 is 0 Å². The van der Waals surface area contributed by atoms with E-state index in [4.69, 9.17) is 39.9 Å². The normalized spacial score (nSPS) is 13.5. The van der Waals surface area contributed by atoms with Gasteiger partial charge in [-0.25, -0.2) is 0 Å². The molecule has 2 aliphatic rings. The summed E-state index contributed by atoms with van der Waals surface area (Å²) in [5, 5.41) is 0. The van der Waals surface area contributed by atoms with Gasteiger partial charge in [-0.2, -0.15) is 0 Å². The predicted molar refractivity (Wildman–Crippen MR) is 276 cm³/mol. The van der Waals surface area contributed by atoms with Crippen molar-refractivity contribution >= 4 is 54.2 Å². The minimum atomic E-state index is -4.01. The van der Waals surface area contributed by atoms with Crippen molar-refractivity contribution in [1.82, 2.24) is 39.9 Å². The molecular weight excluding hydrogens is 869 g/mol. The molecule has 1 spiro atoms. The van der Waals surface area contributed by atoms with Gasteiger partial charge in [0, 0.05) is 72.3 Å². The van der Waals surface area contributed by atoms with E-state index in [0.717, 1.165) is 113 Å². The van der Waals surface area contributed by atoms with Crippen molar-refractivity contribution in [3.8, 4) is 45.6 Å². The fraction of sp³-hybridized carbons (Fsp3) is 0.0714. The zero-order valence-electron chi connectivity index (χ0n) is 38.3. The molecule has 69 heavy (non-hydrogen) atoms. The molecular formula is C56H44N12Si. The molecule has 2 aromatic carbocycles. The SMILES string of the molecule is Cc1cc2c(cc1C)N(c1ccnc(-c3ccccn3)c1)[Si]1(N2c2ccnc(-c3ccccn3)c2)N(c2ccnc(-c3ccccn3)c2)c2cc(C)c(C)cc2N1c1ccnc(-c2ccccn2)c1. The van der Waals surface area contributed by atoms with Crippen LogP contribution in [0.25, 0.3) is 45.6 Å². The van der Waals surface area contributed by atoms with Crippen LogP contribution < -0.4 is 18.3 Å². The minimum Gasteiger partial charge on any atom is -0.313 e. The summed E-state index contributed by atoms with van der Waals surface area (Å²) in [6.07, 6.45) is 14.9. The number of rotatable bonds is 8. The van der Waals surface area contributed by atoms with Crippen molar-refractivity contribution in [3.05, 3.63) is 217 Å². The quantitative estimate of drug-likeness (QED) is 0.135. The molecule has 0 unspecified atom stereocenters. The molecule has 0 saturated heterocycles. The Morgan fingerprint density at radius 2 is 0.493 bits per heavy atom. The van der Waals surface area contributed by atoms with Crippen LogP contribution in [0.5, 0.6) is 0 Å². The monoisotopic (exact) mass is 912 g/mol. The molecule has 8 aromatic heterocycles. The molecule has 2 aliphatic heterocycles. The molecule has 0 atom stereocenters. The zero-order valence-corrected chi connectivity index (χ0v) is 39.3. The molecule has 0 N–H and O–H groups in total. The highest BCUT2D eigenvalue weighted by atomic mass is 28.4. The molecule has 12 nitrogen and oxygen atoms in total. The molecule has 0 amide bonds.